The van der Waals surface area contributed by atoms with Gasteiger partial charge in [0, 0.05) is 0 Å². The van der Waals surface area contributed by atoms with E-state index >= 15 is 0 Å². The first-order valence-electron chi connectivity index (χ1n) is 8.10. The average Bonchev–Trinajstić information content (AvgIpc) is 2.95. The SMILES string of the molecule is C=c1[nH]n(-c2cccc(C(=O)[O-])c2)c(=O)/c1=C\c1cc(Cl)c(OC)c(OC)c1. The molecule has 0 amide bonds. The van der Waals surface area contributed by atoms with Crippen molar-refractivity contribution in [3.63, 3.8) is 0 Å². The second-order valence-electron chi connectivity index (χ2n) is 5.86. The number of aromatic amines is 1. The number of nitrogens with one attached hydrogen (secondary N) is 1. The number of carboxylic acids is 1. The summed E-state index contributed by atoms with van der Waals surface area (Å²) in [5.74, 6) is -0.519. The van der Waals surface area contributed by atoms with Crippen molar-refractivity contribution in [2.45, 2.75) is 0 Å². The Balaban J connectivity index is 2.17. The zero-order valence-corrected chi connectivity index (χ0v) is 15.9. The zero-order valence-electron chi connectivity index (χ0n) is 15.1. The molecule has 0 aliphatic carbocycles. The first-order chi connectivity index (χ1) is 13.3. The maximum absolute atomic E-state index is 12.8. The monoisotopic (exact) mass is 399 g/mol. The Bertz CT molecular complexity index is 1230. The van der Waals surface area contributed by atoms with Crippen LogP contribution in [0.2, 0.25) is 5.02 Å². The fourth-order valence-corrected chi connectivity index (χ4v) is 3.08. The van der Waals surface area contributed by atoms with E-state index in [1.54, 1.807) is 24.3 Å². The van der Waals surface area contributed by atoms with Crippen molar-refractivity contribution in [2.75, 3.05) is 14.2 Å². The molecule has 0 aliphatic rings. The van der Waals surface area contributed by atoms with Crippen LogP contribution in [0.3, 0.4) is 0 Å². The predicted octanol–water partition coefficient (Wildman–Crippen LogP) is 0.439. The molecule has 1 heterocycles. The molecule has 0 unspecified atom stereocenters. The number of H-pyrrole nitrogens is 1. The number of rotatable bonds is 5. The lowest BCUT2D eigenvalue weighted by molar-refractivity contribution is -0.255. The lowest BCUT2D eigenvalue weighted by atomic mass is 10.1. The number of aromatic carboxylic acids is 1. The second-order valence-corrected chi connectivity index (χ2v) is 6.27. The van der Waals surface area contributed by atoms with Crippen LogP contribution >= 0.6 is 11.6 Å². The average molecular weight is 400 g/mol. The Hall–Kier alpha value is -3.45. The van der Waals surface area contributed by atoms with E-state index in [4.69, 9.17) is 21.1 Å². The highest BCUT2D eigenvalue weighted by Gasteiger charge is 2.11. The van der Waals surface area contributed by atoms with Crippen LogP contribution in [0.5, 0.6) is 11.5 Å². The van der Waals surface area contributed by atoms with Gasteiger partial charge >= 0.3 is 0 Å². The van der Waals surface area contributed by atoms with Gasteiger partial charge in [0.2, 0.25) is 0 Å². The van der Waals surface area contributed by atoms with E-state index in [1.807, 2.05) is 0 Å². The Morgan fingerprint density at radius 2 is 2.00 bits per heavy atom. The largest absolute Gasteiger partial charge is 0.545 e. The number of methoxy groups -OCH3 is 2. The number of halogens is 1. The molecule has 0 spiro atoms. The van der Waals surface area contributed by atoms with Crippen LogP contribution in [0.1, 0.15) is 15.9 Å². The number of benzene rings is 2. The van der Waals surface area contributed by atoms with Crippen molar-refractivity contribution in [1.82, 2.24) is 9.78 Å². The summed E-state index contributed by atoms with van der Waals surface area (Å²) in [5.41, 5.74) is 0.522. The van der Waals surface area contributed by atoms with E-state index in [2.05, 4.69) is 11.7 Å². The van der Waals surface area contributed by atoms with Crippen LogP contribution in [0, 0.1) is 0 Å². The summed E-state index contributed by atoms with van der Waals surface area (Å²) >= 11 is 6.21. The van der Waals surface area contributed by atoms with Crippen LogP contribution in [-0.4, -0.2) is 30.0 Å². The van der Waals surface area contributed by atoms with Gasteiger partial charge in [-0.1, -0.05) is 30.3 Å². The standard InChI is InChI=1S/C20H17ClN2O5/c1-11-15(7-12-8-16(21)18(28-3)17(9-12)27-2)19(24)23(22-11)14-6-4-5-13(10-14)20(25)26/h4-10,22H,1H2,2-3H3,(H,25,26)/p-1/b15-7-. The number of hydrogen-bond acceptors (Lipinski definition) is 5. The van der Waals surface area contributed by atoms with E-state index in [-0.39, 0.29) is 5.56 Å². The van der Waals surface area contributed by atoms with E-state index in [0.717, 1.165) is 0 Å². The highest BCUT2D eigenvalue weighted by Crippen LogP contribution is 2.36. The van der Waals surface area contributed by atoms with Gasteiger partial charge in [-0.3, -0.25) is 9.89 Å². The third-order valence-corrected chi connectivity index (χ3v) is 4.39. The summed E-state index contributed by atoms with van der Waals surface area (Å²) in [4.78, 5) is 23.9. The Kier molecular flexibility index (Phi) is 5.28. The van der Waals surface area contributed by atoms with Crippen molar-refractivity contribution < 1.29 is 19.4 Å². The molecule has 0 fully saturated rings. The molecule has 0 bridgehead atoms. The number of carbonyl (C=O) groups is 1. The molecule has 3 rings (SSSR count). The first-order valence-corrected chi connectivity index (χ1v) is 8.48. The lowest BCUT2D eigenvalue weighted by Crippen LogP contribution is -2.34. The minimum Gasteiger partial charge on any atom is -0.545 e. The zero-order chi connectivity index (χ0) is 20.4. The summed E-state index contributed by atoms with van der Waals surface area (Å²) in [6, 6.07) is 9.16. The molecule has 0 saturated heterocycles. The Morgan fingerprint density at radius 1 is 1.25 bits per heavy atom. The van der Waals surface area contributed by atoms with Crippen LogP contribution in [0.25, 0.3) is 18.3 Å². The van der Waals surface area contributed by atoms with Crippen molar-refractivity contribution in [3.05, 3.63) is 73.5 Å². The minimum absolute atomic E-state index is 0.0400. The highest BCUT2D eigenvalue weighted by molar-refractivity contribution is 6.32. The van der Waals surface area contributed by atoms with Crippen molar-refractivity contribution >= 4 is 30.2 Å². The fraction of sp³-hybridized carbons (Fsp3) is 0.100. The molecule has 8 heteroatoms. The van der Waals surface area contributed by atoms with Crippen LogP contribution in [0.4, 0.5) is 0 Å². The van der Waals surface area contributed by atoms with Gasteiger partial charge < -0.3 is 19.4 Å². The summed E-state index contributed by atoms with van der Waals surface area (Å²) in [5, 5.41) is 14.9. The number of aromatic nitrogens is 2. The third kappa shape index (κ3) is 3.52. The molecule has 0 aliphatic heterocycles. The number of nitrogens with zero attached hydrogens (tertiary/aromatic N) is 1. The van der Waals surface area contributed by atoms with E-state index in [0.29, 0.717) is 38.3 Å². The molecule has 0 atom stereocenters. The van der Waals surface area contributed by atoms with Crippen molar-refractivity contribution in [1.29, 1.82) is 0 Å². The summed E-state index contributed by atoms with van der Waals surface area (Å²) in [7, 11) is 2.96. The molecule has 0 radical (unpaired) electrons. The van der Waals surface area contributed by atoms with Gasteiger partial charge in [0.15, 0.2) is 11.5 Å². The lowest BCUT2D eigenvalue weighted by Gasteiger charge is -2.09. The smallest absolute Gasteiger partial charge is 0.279 e. The number of carboxylic acid groups (broad SMARTS) is 1. The molecule has 3 aromatic rings. The molecular formula is C20H16ClN2O5-. The number of hydrogen-bond donors (Lipinski definition) is 1. The van der Waals surface area contributed by atoms with Crippen LogP contribution < -0.4 is 30.7 Å². The molecule has 1 N–H and O–H groups in total. The van der Waals surface area contributed by atoms with Crippen molar-refractivity contribution in [3.8, 4) is 17.2 Å². The molecule has 2 aromatic carbocycles. The first kappa shape index (κ1) is 19.3. The van der Waals surface area contributed by atoms with Gasteiger partial charge in [0.05, 0.1) is 41.5 Å². The Labute approximate surface area is 164 Å². The van der Waals surface area contributed by atoms with E-state index in [9.17, 15) is 14.7 Å². The predicted molar refractivity (Wildman–Crippen MR) is 104 cm³/mol. The maximum atomic E-state index is 12.8. The summed E-state index contributed by atoms with van der Waals surface area (Å²) in [6.07, 6.45) is 1.61. The topological polar surface area (TPSA) is 96.4 Å². The van der Waals surface area contributed by atoms with Gasteiger partial charge in [-0.15, -0.1) is 0 Å². The summed E-state index contributed by atoms with van der Waals surface area (Å²) < 4.78 is 11.7. The van der Waals surface area contributed by atoms with Gasteiger partial charge in [-0.25, -0.2) is 4.68 Å². The molecule has 7 nitrogen and oxygen atoms in total. The van der Waals surface area contributed by atoms with E-state index in [1.165, 1.54) is 37.1 Å². The highest BCUT2D eigenvalue weighted by atomic mass is 35.5. The number of carbonyl (C=O) groups excluding carboxylic acids is 1. The van der Waals surface area contributed by atoms with Crippen molar-refractivity contribution in [2.24, 2.45) is 0 Å². The van der Waals surface area contributed by atoms with Gasteiger partial charge in [-0.05, 0) is 41.5 Å². The maximum Gasteiger partial charge on any atom is 0.279 e. The van der Waals surface area contributed by atoms with Crippen LogP contribution in [0.15, 0.2) is 41.2 Å². The molecule has 1 aromatic heterocycles. The molecule has 0 saturated carbocycles. The number of ether oxygens (including phenoxy) is 2. The normalized spacial score (nSPS) is 11.5. The fourth-order valence-electron chi connectivity index (χ4n) is 2.79. The minimum atomic E-state index is -1.33. The summed E-state index contributed by atoms with van der Waals surface area (Å²) in [6.45, 7) is 3.85. The quantitative estimate of drug-likeness (QED) is 0.671. The second kappa shape index (κ2) is 7.66. The third-order valence-electron chi connectivity index (χ3n) is 4.11. The molecule has 28 heavy (non-hydrogen) atoms. The Morgan fingerprint density at radius 3 is 2.64 bits per heavy atom. The van der Waals surface area contributed by atoms with E-state index < -0.39 is 11.5 Å². The van der Waals surface area contributed by atoms with Gasteiger partial charge in [0.25, 0.3) is 5.56 Å². The van der Waals surface area contributed by atoms with Gasteiger partial charge in [-0.2, -0.15) is 0 Å². The van der Waals surface area contributed by atoms with Crippen LogP contribution in [-0.2, 0) is 0 Å². The van der Waals surface area contributed by atoms with Gasteiger partial charge in [0.1, 0.15) is 0 Å². The molecule has 144 valence electrons. The molecular weight excluding hydrogens is 384 g/mol.